The van der Waals surface area contributed by atoms with Crippen molar-refractivity contribution in [2.24, 2.45) is 5.73 Å². The highest BCUT2D eigenvalue weighted by Crippen LogP contribution is 2.26. The zero-order valence-corrected chi connectivity index (χ0v) is 15.0. The second-order valence-electron chi connectivity index (χ2n) is 5.96. The van der Waals surface area contributed by atoms with E-state index in [1.54, 1.807) is 5.32 Å². The van der Waals surface area contributed by atoms with Crippen LogP contribution in [0.25, 0.3) is 5.69 Å². The van der Waals surface area contributed by atoms with Crippen molar-refractivity contribution >= 4 is 11.8 Å². The lowest BCUT2D eigenvalue weighted by atomic mass is 10.1. The minimum absolute atomic E-state index is 0.0781. The maximum atomic E-state index is 12.3. The Hall–Kier alpha value is -3.32. The highest BCUT2D eigenvalue weighted by molar-refractivity contribution is 5.95. The van der Waals surface area contributed by atoms with Crippen molar-refractivity contribution in [2.75, 3.05) is 13.2 Å². The first kappa shape index (κ1) is 23.0. The summed E-state index contributed by atoms with van der Waals surface area (Å²) in [5.41, 5.74) is 4.71. The van der Waals surface area contributed by atoms with Gasteiger partial charge in [0.05, 0.1) is 12.8 Å². The van der Waals surface area contributed by atoms with Crippen LogP contribution in [0, 0.1) is 0 Å². The molecule has 2 rings (SSSR count). The molecule has 1 aromatic heterocycles. The van der Waals surface area contributed by atoms with E-state index in [4.69, 9.17) is 10.5 Å². The van der Waals surface area contributed by atoms with Crippen LogP contribution in [0.1, 0.15) is 33.7 Å². The van der Waals surface area contributed by atoms with Gasteiger partial charge >= 0.3 is 12.4 Å². The van der Waals surface area contributed by atoms with Gasteiger partial charge in [-0.15, -0.1) is 5.10 Å². The monoisotopic (exact) mass is 439 g/mol. The number of nitrogens with one attached hydrogen (secondary N) is 1. The number of carbonyl (C=O) groups excluding carboxylic acids is 2. The quantitative estimate of drug-likeness (QED) is 0.485. The van der Waals surface area contributed by atoms with E-state index in [0.717, 1.165) is 23.0 Å². The number of nitrogens with two attached hydrogens (primary N) is 1. The van der Waals surface area contributed by atoms with Gasteiger partial charge in [0.1, 0.15) is 18.0 Å². The van der Waals surface area contributed by atoms with Crippen LogP contribution in [0.4, 0.5) is 26.3 Å². The van der Waals surface area contributed by atoms with E-state index in [1.165, 1.54) is 6.07 Å². The Morgan fingerprint density at radius 2 is 1.83 bits per heavy atom. The summed E-state index contributed by atoms with van der Waals surface area (Å²) < 4.78 is 80.0. The first-order valence-corrected chi connectivity index (χ1v) is 8.27. The number of alkyl halides is 6. The molecule has 0 radical (unpaired) electrons. The van der Waals surface area contributed by atoms with E-state index in [-0.39, 0.29) is 22.7 Å². The van der Waals surface area contributed by atoms with E-state index in [1.807, 2.05) is 0 Å². The molecule has 0 bridgehead atoms. The smallest absolute Gasteiger partial charge is 0.405 e. The third-order valence-electron chi connectivity index (χ3n) is 3.53. The summed E-state index contributed by atoms with van der Waals surface area (Å²) in [5.74, 6) is -2.12. The lowest BCUT2D eigenvalue weighted by Crippen LogP contribution is -2.33. The molecular formula is C16H15F6N5O3. The van der Waals surface area contributed by atoms with Gasteiger partial charge in [0.25, 0.3) is 11.8 Å². The van der Waals surface area contributed by atoms with Crippen molar-refractivity contribution in [3.63, 3.8) is 0 Å². The second-order valence-corrected chi connectivity index (χ2v) is 5.96. The van der Waals surface area contributed by atoms with E-state index >= 15 is 0 Å². The molecule has 164 valence electrons. The molecule has 0 saturated heterocycles. The lowest BCUT2D eigenvalue weighted by molar-refractivity contribution is -0.136. The van der Waals surface area contributed by atoms with E-state index in [0.29, 0.717) is 0 Å². The highest BCUT2D eigenvalue weighted by Gasteiger charge is 2.28. The Labute approximate surface area is 165 Å². The minimum atomic E-state index is -4.63. The molecule has 0 unspecified atom stereocenters. The van der Waals surface area contributed by atoms with Gasteiger partial charge in [0.15, 0.2) is 5.69 Å². The molecule has 0 aliphatic rings. The molecule has 0 aliphatic heterocycles. The summed E-state index contributed by atoms with van der Waals surface area (Å²) in [4.78, 5) is 23.1. The van der Waals surface area contributed by atoms with Crippen molar-refractivity contribution in [3.05, 3.63) is 35.7 Å². The summed E-state index contributed by atoms with van der Waals surface area (Å²) in [6.07, 6.45) is -9.43. The second kappa shape index (κ2) is 9.00. The number of carbonyl (C=O) groups is 2. The Bertz CT molecular complexity index is 910. The molecule has 0 aliphatic carbocycles. The van der Waals surface area contributed by atoms with E-state index in [9.17, 15) is 35.9 Å². The summed E-state index contributed by atoms with van der Waals surface area (Å²) in [6, 6.07) is 3.41. The van der Waals surface area contributed by atoms with Gasteiger partial charge in [0.2, 0.25) is 0 Å². The highest BCUT2D eigenvalue weighted by atomic mass is 19.4. The zero-order valence-electron chi connectivity index (χ0n) is 15.0. The predicted octanol–water partition coefficient (Wildman–Crippen LogP) is 2.38. The number of primary amides is 1. The number of hydrogen-bond donors (Lipinski definition) is 2. The fraction of sp³-hybridized carbons (Fsp3) is 0.375. The number of benzene rings is 1. The number of halogens is 6. The average molecular weight is 439 g/mol. The fourth-order valence-electron chi connectivity index (χ4n) is 2.19. The third-order valence-corrected chi connectivity index (χ3v) is 3.53. The fourth-order valence-corrected chi connectivity index (χ4v) is 2.19. The van der Waals surface area contributed by atoms with Gasteiger partial charge in [-0.05, 0) is 24.6 Å². The Morgan fingerprint density at radius 3 is 2.40 bits per heavy atom. The standard InChI is InChI=1S/C16H15F6N5O3/c17-15(18,19)4-1-5-30-12-6-9(14(29)24-8-16(20,21)22)2-3-11(12)27-7-10(13(23)28)25-26-27/h2-3,6-7H,1,4-5,8H2,(H2,23,28)(H,24,29). The molecule has 0 fully saturated rings. The maximum absolute atomic E-state index is 12.3. The number of hydrogen-bond acceptors (Lipinski definition) is 5. The van der Waals surface area contributed by atoms with Crippen molar-refractivity contribution in [1.29, 1.82) is 0 Å². The van der Waals surface area contributed by atoms with E-state index in [2.05, 4.69) is 10.3 Å². The van der Waals surface area contributed by atoms with Crippen LogP contribution in [0.2, 0.25) is 0 Å². The molecule has 8 nitrogen and oxygen atoms in total. The molecule has 2 amide bonds. The molecule has 1 aromatic carbocycles. The van der Waals surface area contributed by atoms with Crippen molar-refractivity contribution < 1.29 is 40.7 Å². The van der Waals surface area contributed by atoms with Gasteiger partial charge in [-0.2, -0.15) is 26.3 Å². The number of ether oxygens (including phenoxy) is 1. The number of nitrogens with zero attached hydrogens (tertiary/aromatic N) is 3. The summed E-state index contributed by atoms with van der Waals surface area (Å²) in [7, 11) is 0. The largest absolute Gasteiger partial charge is 0.491 e. The molecule has 0 saturated carbocycles. The molecule has 0 atom stereocenters. The minimum Gasteiger partial charge on any atom is -0.491 e. The molecule has 14 heteroatoms. The SMILES string of the molecule is NC(=O)c1cn(-c2ccc(C(=O)NCC(F)(F)F)cc2OCCCC(F)(F)F)nn1. The van der Waals surface area contributed by atoms with Crippen molar-refractivity contribution in [3.8, 4) is 11.4 Å². The van der Waals surface area contributed by atoms with Crippen LogP contribution in [-0.2, 0) is 0 Å². The Morgan fingerprint density at radius 1 is 1.13 bits per heavy atom. The number of rotatable bonds is 8. The van der Waals surface area contributed by atoms with Gasteiger partial charge in [0, 0.05) is 12.0 Å². The van der Waals surface area contributed by atoms with Crippen LogP contribution in [0.3, 0.4) is 0 Å². The van der Waals surface area contributed by atoms with Gasteiger partial charge in [-0.1, -0.05) is 5.21 Å². The predicted molar refractivity (Wildman–Crippen MR) is 89.0 cm³/mol. The lowest BCUT2D eigenvalue weighted by Gasteiger charge is -2.14. The molecule has 0 spiro atoms. The normalized spacial score (nSPS) is 11.9. The average Bonchev–Trinajstić information content (AvgIpc) is 3.12. The first-order chi connectivity index (χ1) is 13.9. The van der Waals surface area contributed by atoms with Crippen molar-refractivity contribution in [1.82, 2.24) is 20.3 Å². The maximum Gasteiger partial charge on any atom is 0.405 e. The number of amides is 2. The van der Waals surface area contributed by atoms with Gasteiger partial charge in [-0.25, -0.2) is 4.68 Å². The van der Waals surface area contributed by atoms with E-state index < -0.39 is 50.2 Å². The topological polar surface area (TPSA) is 112 Å². The number of aromatic nitrogens is 3. The Balaban J connectivity index is 2.26. The van der Waals surface area contributed by atoms with Crippen LogP contribution in [0.5, 0.6) is 5.75 Å². The van der Waals surface area contributed by atoms with Gasteiger partial charge < -0.3 is 15.8 Å². The first-order valence-electron chi connectivity index (χ1n) is 8.27. The summed E-state index contributed by atoms with van der Waals surface area (Å²) in [6.45, 7) is -1.97. The summed E-state index contributed by atoms with van der Waals surface area (Å²) >= 11 is 0. The van der Waals surface area contributed by atoms with Crippen LogP contribution in [0.15, 0.2) is 24.4 Å². The van der Waals surface area contributed by atoms with Crippen LogP contribution < -0.4 is 15.8 Å². The van der Waals surface area contributed by atoms with Crippen LogP contribution >= 0.6 is 0 Å². The molecule has 30 heavy (non-hydrogen) atoms. The Kier molecular flexibility index (Phi) is 6.89. The molecule has 2 aromatic rings. The van der Waals surface area contributed by atoms with Crippen LogP contribution in [-0.4, -0.2) is 52.3 Å². The molecule has 1 heterocycles. The third kappa shape index (κ3) is 6.93. The van der Waals surface area contributed by atoms with Crippen molar-refractivity contribution in [2.45, 2.75) is 25.2 Å². The molecule has 3 N–H and O–H groups in total. The summed E-state index contributed by atoms with van der Waals surface area (Å²) in [5, 5.41) is 8.81. The molecular weight excluding hydrogens is 424 g/mol. The zero-order chi connectivity index (χ0) is 22.5. The van der Waals surface area contributed by atoms with Gasteiger partial charge in [-0.3, -0.25) is 9.59 Å².